The molecule has 0 aliphatic heterocycles. The van der Waals surface area contributed by atoms with Crippen LogP contribution in [0.2, 0.25) is 0 Å². The lowest BCUT2D eigenvalue weighted by Gasteiger charge is -1.68. The van der Waals surface area contributed by atoms with Gasteiger partial charge in [-0.2, -0.15) is 19.8 Å². The van der Waals surface area contributed by atoms with Crippen LogP contribution in [0.15, 0.2) is 0 Å². The van der Waals surface area contributed by atoms with Gasteiger partial charge in [0.05, 0.1) is 0 Å². The molecule has 0 aromatic heterocycles. The third kappa shape index (κ3) is 35.2. The Morgan fingerprint density at radius 3 is 0.833 bits per heavy atom. The number of hydrogen-bond donors (Lipinski definition) is 0. The van der Waals surface area contributed by atoms with E-state index < -0.39 is 5.98 Å². The Balaban J connectivity index is -0.0000000450. The maximum Gasteiger partial charge on any atom is 0.179 e. The minimum absolute atomic E-state index is 0. The number of halogens is 3. The van der Waals surface area contributed by atoms with Crippen LogP contribution in [0.5, 0.6) is 0 Å². The molecule has 0 radical (unpaired) electrons. The maximum absolute atomic E-state index is 4.87. The van der Waals surface area contributed by atoms with Gasteiger partial charge in [0, 0.05) is 0 Å². The molecule has 2 atom stereocenters. The predicted molar refractivity (Wildman–Crippen MR) is 46.7 cm³/mol. The van der Waals surface area contributed by atoms with E-state index in [9.17, 15) is 0 Å². The van der Waals surface area contributed by atoms with E-state index in [-0.39, 0.29) is 19.8 Å². The van der Waals surface area contributed by atoms with Crippen molar-refractivity contribution in [2.24, 2.45) is 0 Å². The summed E-state index contributed by atoms with van der Waals surface area (Å²) in [6.45, 7) is 0. The summed E-state index contributed by atoms with van der Waals surface area (Å²) in [6, 6.07) is 0. The Morgan fingerprint density at radius 2 is 0.833 bits per heavy atom. The fourth-order valence-corrected chi connectivity index (χ4v) is 0. The lowest BCUT2D eigenvalue weighted by Crippen LogP contribution is -0.958. The van der Waals surface area contributed by atoms with Gasteiger partial charge in [0.15, 0.2) is 5.98 Å². The minimum Gasteiger partial charge on any atom is -0.153 e. The van der Waals surface area contributed by atoms with Gasteiger partial charge < -0.3 is 0 Å². The molecule has 0 bridgehead atoms. The standard InChI is InChI=1S/Cl3P.2H3P/c1-4(2)3;;/h;2*1H3. The first-order valence-corrected chi connectivity index (χ1v) is 4.56. The predicted octanol–water partition coefficient (Wildman–Crippen LogP) is 3.05. The second-order valence-electron chi connectivity index (χ2n) is 0.192. The third-order valence-corrected chi connectivity index (χ3v) is 0. The Hall–Kier alpha value is 2.16. The highest BCUT2D eigenvalue weighted by Gasteiger charge is 1.80. The summed E-state index contributed by atoms with van der Waals surface area (Å²) >= 11 is 14.6. The van der Waals surface area contributed by atoms with Crippen LogP contribution in [0.1, 0.15) is 0 Å². The van der Waals surface area contributed by atoms with Crippen LogP contribution < -0.4 is 0 Å². The fraction of sp³-hybridized carbons (Fsp3) is 0. The second kappa shape index (κ2) is 10.2. The van der Waals surface area contributed by atoms with Gasteiger partial charge in [0.1, 0.15) is 0 Å². The van der Waals surface area contributed by atoms with Crippen molar-refractivity contribution in [3.63, 3.8) is 0 Å². The van der Waals surface area contributed by atoms with Crippen LogP contribution in [0.4, 0.5) is 0 Å². The summed E-state index contributed by atoms with van der Waals surface area (Å²) in [5, 5.41) is 0. The van der Waals surface area contributed by atoms with Crippen molar-refractivity contribution in [1.82, 2.24) is 0 Å². The van der Waals surface area contributed by atoms with E-state index in [0.717, 1.165) is 0 Å². The van der Waals surface area contributed by atoms with Crippen molar-refractivity contribution < 1.29 is 0 Å². The zero-order chi connectivity index (χ0) is 3.58. The van der Waals surface area contributed by atoms with E-state index in [1.807, 2.05) is 0 Å². The van der Waals surface area contributed by atoms with Crippen molar-refractivity contribution in [1.29, 1.82) is 0 Å². The van der Waals surface area contributed by atoms with Crippen molar-refractivity contribution in [2.45, 2.75) is 0 Å². The molecule has 2 unspecified atom stereocenters. The summed E-state index contributed by atoms with van der Waals surface area (Å²) in [4.78, 5) is 0. The Labute approximate surface area is 59.7 Å². The van der Waals surface area contributed by atoms with E-state index in [4.69, 9.17) is 33.7 Å². The molecule has 0 N–H and O–H groups in total. The smallest absolute Gasteiger partial charge is 0.153 e. The SMILES string of the molecule is ClP(Cl)Cl.P.P. The molecule has 0 saturated heterocycles. The topological polar surface area (TPSA) is 0 Å². The van der Waals surface area contributed by atoms with Crippen molar-refractivity contribution in [3.8, 4) is 0 Å². The molecule has 0 aromatic rings. The number of rotatable bonds is 0. The first-order valence-electron chi connectivity index (χ1n) is 0.507. The molecule has 0 heterocycles. The first kappa shape index (κ1) is 15.7. The largest absolute Gasteiger partial charge is 0.179 e. The third-order valence-electron chi connectivity index (χ3n) is 0. The molecule has 0 aliphatic carbocycles. The van der Waals surface area contributed by atoms with E-state index in [2.05, 4.69) is 0 Å². The zero-order valence-electron chi connectivity index (χ0n) is 3.00. The fourth-order valence-electron chi connectivity index (χ4n) is 0. The van der Waals surface area contributed by atoms with Gasteiger partial charge in [0.25, 0.3) is 0 Å². The molecule has 0 amide bonds. The highest BCUT2D eigenvalue weighted by Crippen LogP contribution is 2.51. The normalized spacial score (nSPS) is 6.00. The van der Waals surface area contributed by atoms with Gasteiger partial charge in [-0.3, -0.25) is 0 Å². The molecule has 0 saturated carbocycles. The highest BCUT2D eigenvalue weighted by atomic mass is 36.0. The molecule has 6 heavy (non-hydrogen) atoms. The quantitative estimate of drug-likeness (QED) is 0.533. The van der Waals surface area contributed by atoms with Crippen molar-refractivity contribution in [3.05, 3.63) is 0 Å². The molecule has 0 rings (SSSR count). The Kier molecular flexibility index (Phi) is 26.7. The van der Waals surface area contributed by atoms with Gasteiger partial charge in [-0.05, 0) is 0 Å². The van der Waals surface area contributed by atoms with Crippen LogP contribution >= 0.6 is 59.5 Å². The molecule has 0 spiro atoms. The first-order chi connectivity index (χ1) is 1.73. The van der Waals surface area contributed by atoms with Gasteiger partial charge in [-0.1, -0.05) is 33.7 Å². The summed E-state index contributed by atoms with van der Waals surface area (Å²) in [5.41, 5.74) is 0. The van der Waals surface area contributed by atoms with Gasteiger partial charge >= 0.3 is 0 Å². The second-order valence-corrected chi connectivity index (χ2v) is 5.17. The van der Waals surface area contributed by atoms with E-state index in [0.29, 0.717) is 0 Å². The minimum atomic E-state index is -1.20. The summed E-state index contributed by atoms with van der Waals surface area (Å²) in [6.07, 6.45) is 0. The van der Waals surface area contributed by atoms with Crippen LogP contribution in [0.3, 0.4) is 0 Å². The molecule has 0 aliphatic rings. The van der Waals surface area contributed by atoms with E-state index in [1.165, 1.54) is 0 Å². The van der Waals surface area contributed by atoms with Crippen LogP contribution in [0, 0.1) is 0 Å². The van der Waals surface area contributed by atoms with Gasteiger partial charge in [-0.25, -0.2) is 0 Å². The molecular formula is H6Cl3P3. The number of hydrogen-bond acceptors (Lipinski definition) is 0. The van der Waals surface area contributed by atoms with Crippen molar-refractivity contribution >= 4 is 59.5 Å². The van der Waals surface area contributed by atoms with Crippen LogP contribution in [-0.4, -0.2) is 0 Å². The highest BCUT2D eigenvalue weighted by molar-refractivity contribution is 8.20. The Bertz CT molecular complexity index is 10.8. The summed E-state index contributed by atoms with van der Waals surface area (Å²) < 4.78 is 0. The molecule has 0 aromatic carbocycles. The molecule has 42 valence electrons. The average molecular weight is 205 g/mol. The lowest BCUT2D eigenvalue weighted by atomic mass is 30.4. The Morgan fingerprint density at radius 1 is 0.833 bits per heavy atom. The maximum atomic E-state index is 4.87. The van der Waals surface area contributed by atoms with Crippen LogP contribution in [0.25, 0.3) is 0 Å². The van der Waals surface area contributed by atoms with E-state index >= 15 is 0 Å². The monoisotopic (exact) mass is 204 g/mol. The van der Waals surface area contributed by atoms with E-state index in [1.54, 1.807) is 0 Å². The molecule has 6 heteroatoms. The lowest BCUT2D eigenvalue weighted by molar-refractivity contribution is 4.58. The van der Waals surface area contributed by atoms with Crippen molar-refractivity contribution in [2.75, 3.05) is 0 Å². The summed E-state index contributed by atoms with van der Waals surface area (Å²) in [7, 11) is 0. The average Bonchev–Trinajstić information content (AvgIpc) is 0.811. The molecule has 0 nitrogen and oxygen atoms in total. The van der Waals surface area contributed by atoms with Gasteiger partial charge in [0.2, 0.25) is 0 Å². The zero-order valence-corrected chi connectivity index (χ0v) is 8.99. The molecular weight excluding hydrogens is 199 g/mol. The summed E-state index contributed by atoms with van der Waals surface area (Å²) in [5.74, 6) is -1.20. The molecule has 0 fully saturated rings. The van der Waals surface area contributed by atoms with Gasteiger partial charge in [-0.15, -0.1) is 0 Å². The van der Waals surface area contributed by atoms with Crippen LogP contribution in [-0.2, 0) is 0 Å².